The summed E-state index contributed by atoms with van der Waals surface area (Å²) in [4.78, 5) is 0. The zero-order valence-electron chi connectivity index (χ0n) is 7.59. The van der Waals surface area contributed by atoms with E-state index in [2.05, 4.69) is 37.0 Å². The van der Waals surface area contributed by atoms with Crippen molar-refractivity contribution in [2.45, 2.75) is 26.2 Å². The molecule has 0 radical (unpaired) electrons. The minimum absolute atomic E-state index is 0.537. The average Bonchev–Trinajstić information content (AvgIpc) is 1.81. The SMILES string of the molecule is C=CCN([SiH](C)C)[SiH](C)C. The lowest BCUT2D eigenvalue weighted by atomic mass is 10.7. The highest BCUT2D eigenvalue weighted by molar-refractivity contribution is 6.69. The van der Waals surface area contributed by atoms with Crippen LogP contribution in [0.4, 0.5) is 0 Å². The van der Waals surface area contributed by atoms with Gasteiger partial charge in [0.1, 0.15) is 0 Å². The van der Waals surface area contributed by atoms with Gasteiger partial charge in [0, 0.05) is 6.54 Å². The van der Waals surface area contributed by atoms with Gasteiger partial charge in [0.2, 0.25) is 0 Å². The Morgan fingerprint density at radius 3 is 1.70 bits per heavy atom. The zero-order valence-corrected chi connectivity index (χ0v) is 9.90. The Labute approximate surface area is 68.1 Å². The van der Waals surface area contributed by atoms with Crippen molar-refractivity contribution in [2.75, 3.05) is 6.54 Å². The summed E-state index contributed by atoms with van der Waals surface area (Å²) < 4.78 is 2.67. The molecule has 0 N–H and O–H groups in total. The van der Waals surface area contributed by atoms with Crippen LogP contribution in [0.3, 0.4) is 0 Å². The van der Waals surface area contributed by atoms with Crippen molar-refractivity contribution in [1.29, 1.82) is 0 Å². The van der Waals surface area contributed by atoms with Crippen molar-refractivity contribution in [1.82, 2.24) is 4.23 Å². The molecule has 0 fully saturated rings. The summed E-state index contributed by atoms with van der Waals surface area (Å²) in [5, 5.41) is 0. The number of nitrogens with zero attached hydrogens (tertiary/aromatic N) is 1. The first-order valence-corrected chi connectivity index (χ1v) is 9.61. The molecule has 0 unspecified atom stereocenters. The summed E-state index contributed by atoms with van der Waals surface area (Å²) in [7, 11) is -1.07. The van der Waals surface area contributed by atoms with Crippen molar-refractivity contribution >= 4 is 17.9 Å². The average molecular weight is 173 g/mol. The summed E-state index contributed by atoms with van der Waals surface area (Å²) >= 11 is 0. The normalized spacial score (nSPS) is 11.5. The van der Waals surface area contributed by atoms with Crippen LogP contribution in [0.2, 0.25) is 26.2 Å². The Hall–Kier alpha value is 0.134. The van der Waals surface area contributed by atoms with Crippen molar-refractivity contribution in [2.24, 2.45) is 0 Å². The molecule has 0 saturated heterocycles. The number of hydrogen-bond donors (Lipinski definition) is 0. The highest BCUT2D eigenvalue weighted by Crippen LogP contribution is 1.98. The second-order valence-corrected chi connectivity index (χ2v) is 9.47. The smallest absolute Gasteiger partial charge is 0.0982 e. The molecular weight excluding hydrogens is 154 g/mol. The molecule has 0 aliphatic carbocycles. The summed E-state index contributed by atoms with van der Waals surface area (Å²) in [5.41, 5.74) is 0. The molecule has 10 heavy (non-hydrogen) atoms. The van der Waals surface area contributed by atoms with Gasteiger partial charge in [-0.15, -0.1) is 6.58 Å². The lowest BCUT2D eigenvalue weighted by molar-refractivity contribution is 0.731. The van der Waals surface area contributed by atoms with Crippen molar-refractivity contribution in [3.05, 3.63) is 12.7 Å². The van der Waals surface area contributed by atoms with E-state index in [1.807, 2.05) is 6.08 Å². The van der Waals surface area contributed by atoms with E-state index in [0.29, 0.717) is 0 Å². The Morgan fingerprint density at radius 2 is 1.60 bits per heavy atom. The van der Waals surface area contributed by atoms with Gasteiger partial charge in [-0.25, -0.2) is 0 Å². The largest absolute Gasteiger partial charge is 0.347 e. The molecule has 1 nitrogen and oxygen atoms in total. The molecule has 0 amide bonds. The van der Waals surface area contributed by atoms with E-state index >= 15 is 0 Å². The zero-order chi connectivity index (χ0) is 8.15. The fraction of sp³-hybridized carbons (Fsp3) is 0.714. The van der Waals surface area contributed by atoms with Crippen molar-refractivity contribution in [3.8, 4) is 0 Å². The number of rotatable bonds is 4. The Morgan fingerprint density at radius 1 is 1.20 bits per heavy atom. The quantitative estimate of drug-likeness (QED) is 0.459. The molecule has 0 atom stereocenters. The fourth-order valence-corrected chi connectivity index (χ4v) is 7.08. The lowest BCUT2D eigenvalue weighted by Crippen LogP contribution is -2.42. The van der Waals surface area contributed by atoms with E-state index in [9.17, 15) is 0 Å². The molecule has 0 rings (SSSR count). The summed E-state index contributed by atoms with van der Waals surface area (Å²) in [6.45, 7) is 14.4. The molecule has 0 aromatic rings. The van der Waals surface area contributed by atoms with Crippen LogP contribution in [0.15, 0.2) is 12.7 Å². The van der Waals surface area contributed by atoms with Gasteiger partial charge in [-0.1, -0.05) is 32.3 Å². The van der Waals surface area contributed by atoms with Gasteiger partial charge in [0.05, 0.1) is 17.9 Å². The van der Waals surface area contributed by atoms with Gasteiger partial charge in [-0.05, 0) is 0 Å². The van der Waals surface area contributed by atoms with Gasteiger partial charge < -0.3 is 4.23 Å². The molecule has 0 saturated carbocycles. The summed E-state index contributed by atoms with van der Waals surface area (Å²) in [6.07, 6.45) is 2.03. The third-order valence-electron chi connectivity index (χ3n) is 1.67. The van der Waals surface area contributed by atoms with E-state index in [-0.39, 0.29) is 0 Å². The van der Waals surface area contributed by atoms with Crippen LogP contribution in [-0.2, 0) is 0 Å². The predicted molar refractivity (Wildman–Crippen MR) is 54.7 cm³/mol. The maximum atomic E-state index is 3.77. The molecule has 3 heteroatoms. The maximum Gasteiger partial charge on any atom is 0.0982 e. The van der Waals surface area contributed by atoms with E-state index in [1.54, 1.807) is 0 Å². The topological polar surface area (TPSA) is 3.24 Å². The Kier molecular flexibility index (Phi) is 4.94. The molecular formula is C7H19NSi2. The van der Waals surface area contributed by atoms with Crippen LogP contribution in [0.25, 0.3) is 0 Å². The van der Waals surface area contributed by atoms with Crippen LogP contribution >= 0.6 is 0 Å². The fourth-order valence-electron chi connectivity index (χ4n) is 1.17. The minimum Gasteiger partial charge on any atom is -0.347 e. The van der Waals surface area contributed by atoms with E-state index in [4.69, 9.17) is 0 Å². The first-order valence-electron chi connectivity index (χ1n) is 3.96. The van der Waals surface area contributed by atoms with Crippen LogP contribution in [-0.4, -0.2) is 28.7 Å². The van der Waals surface area contributed by atoms with Gasteiger partial charge in [0.15, 0.2) is 0 Å². The van der Waals surface area contributed by atoms with Crippen LogP contribution in [0.1, 0.15) is 0 Å². The van der Waals surface area contributed by atoms with Crippen molar-refractivity contribution in [3.63, 3.8) is 0 Å². The van der Waals surface area contributed by atoms with Gasteiger partial charge >= 0.3 is 0 Å². The molecule has 0 aromatic carbocycles. The van der Waals surface area contributed by atoms with Gasteiger partial charge in [-0.2, -0.15) is 0 Å². The first-order chi connectivity index (χ1) is 4.59. The highest BCUT2D eigenvalue weighted by Gasteiger charge is 2.12. The second kappa shape index (κ2) is 4.87. The monoisotopic (exact) mass is 173 g/mol. The van der Waals surface area contributed by atoms with Crippen LogP contribution < -0.4 is 0 Å². The molecule has 0 aliphatic rings. The van der Waals surface area contributed by atoms with Gasteiger partial charge in [0.25, 0.3) is 0 Å². The molecule has 0 spiro atoms. The highest BCUT2D eigenvalue weighted by atomic mass is 28.3. The molecule has 60 valence electrons. The Balaban J connectivity index is 3.84. The standard InChI is InChI=1S/C7H19NSi2/c1-6-7-8(9(2)3)10(4)5/h6,9-10H,1,7H2,2-5H3. The van der Waals surface area contributed by atoms with Crippen molar-refractivity contribution < 1.29 is 0 Å². The molecule has 0 aromatic heterocycles. The maximum absolute atomic E-state index is 3.77. The van der Waals surface area contributed by atoms with E-state index < -0.39 is 17.9 Å². The summed E-state index contributed by atoms with van der Waals surface area (Å²) in [6, 6.07) is 0. The minimum atomic E-state index is -0.537. The Bertz CT molecular complexity index is 93.8. The van der Waals surface area contributed by atoms with E-state index in [1.165, 1.54) is 0 Å². The third-order valence-corrected chi connectivity index (χ3v) is 8.32. The molecule has 0 bridgehead atoms. The van der Waals surface area contributed by atoms with E-state index in [0.717, 1.165) is 6.54 Å². The predicted octanol–water partition coefficient (Wildman–Crippen LogP) is 1.44. The first kappa shape index (κ1) is 10.1. The van der Waals surface area contributed by atoms with Crippen LogP contribution in [0.5, 0.6) is 0 Å². The second-order valence-electron chi connectivity index (χ2n) is 3.17. The van der Waals surface area contributed by atoms with Gasteiger partial charge in [-0.3, -0.25) is 0 Å². The number of hydrogen-bond acceptors (Lipinski definition) is 1. The molecule has 0 aliphatic heterocycles. The van der Waals surface area contributed by atoms with Crippen LogP contribution in [0, 0.1) is 0 Å². The molecule has 0 heterocycles. The third kappa shape index (κ3) is 3.34. The lowest BCUT2D eigenvalue weighted by Gasteiger charge is -2.27. The summed E-state index contributed by atoms with van der Waals surface area (Å²) in [5.74, 6) is 0.